The summed E-state index contributed by atoms with van der Waals surface area (Å²) in [5.74, 6) is 1.59. The van der Waals surface area contributed by atoms with Gasteiger partial charge in [0.2, 0.25) is 0 Å². The highest BCUT2D eigenvalue weighted by molar-refractivity contribution is 9.10. The highest BCUT2D eigenvalue weighted by atomic mass is 79.9. The molecule has 1 aliphatic carbocycles. The van der Waals surface area contributed by atoms with Gasteiger partial charge in [-0.2, -0.15) is 0 Å². The normalized spacial score (nSPS) is 21.3. The summed E-state index contributed by atoms with van der Waals surface area (Å²) in [5, 5.41) is 4.37. The van der Waals surface area contributed by atoms with Crippen LogP contribution >= 0.6 is 28.1 Å². The van der Waals surface area contributed by atoms with Crippen LogP contribution in [-0.2, 0) is 6.54 Å². The Balaban J connectivity index is 1.97. The third-order valence-electron chi connectivity index (χ3n) is 4.42. The molecule has 0 radical (unpaired) electrons. The van der Waals surface area contributed by atoms with Crippen molar-refractivity contribution in [2.24, 2.45) is 5.92 Å². The molecule has 1 saturated carbocycles. The van der Waals surface area contributed by atoms with Crippen LogP contribution in [0.1, 0.15) is 38.2 Å². The summed E-state index contributed by atoms with van der Waals surface area (Å²) in [4.78, 5) is 2.08. The molecule has 5 heteroatoms. The number of nitrogens with zero attached hydrogens (tertiary/aromatic N) is 1. The van der Waals surface area contributed by atoms with Crippen LogP contribution < -0.4 is 10.1 Å². The molecule has 1 aromatic carbocycles. The van der Waals surface area contributed by atoms with Crippen molar-refractivity contribution in [3.05, 3.63) is 28.2 Å². The van der Waals surface area contributed by atoms with E-state index in [2.05, 4.69) is 39.1 Å². The lowest BCUT2D eigenvalue weighted by atomic mass is 9.86. The molecule has 0 spiro atoms. The largest absolute Gasteiger partial charge is 0.496 e. The van der Waals surface area contributed by atoms with E-state index in [9.17, 15) is 0 Å². The second-order valence-electron chi connectivity index (χ2n) is 6.13. The van der Waals surface area contributed by atoms with Gasteiger partial charge in [0, 0.05) is 29.7 Å². The van der Waals surface area contributed by atoms with Gasteiger partial charge in [-0.15, -0.1) is 0 Å². The molecule has 1 aliphatic rings. The Hall–Kier alpha value is -0.810. The smallest absolute Gasteiger partial charge is 0.169 e. The zero-order chi connectivity index (χ0) is 16.1. The van der Waals surface area contributed by atoms with Crippen molar-refractivity contribution >= 4 is 33.3 Å². The molecule has 0 bridgehead atoms. The summed E-state index contributed by atoms with van der Waals surface area (Å²) in [6, 6.07) is 6.56. The number of thiocarbonyl (C=S) groups is 1. The van der Waals surface area contributed by atoms with Crippen molar-refractivity contribution in [3.8, 4) is 5.75 Å². The van der Waals surface area contributed by atoms with Crippen molar-refractivity contribution in [1.82, 2.24) is 10.2 Å². The second kappa shape index (κ2) is 8.16. The summed E-state index contributed by atoms with van der Waals surface area (Å²) in [6.07, 6.45) is 5.16. The average Bonchev–Trinajstić information content (AvgIpc) is 2.49. The van der Waals surface area contributed by atoms with Gasteiger partial charge in [-0.3, -0.25) is 0 Å². The molecule has 0 amide bonds. The number of nitrogens with one attached hydrogen (secondary N) is 1. The van der Waals surface area contributed by atoms with Crippen LogP contribution in [0, 0.1) is 5.92 Å². The first-order chi connectivity index (χ1) is 10.5. The number of hydrogen-bond donors (Lipinski definition) is 1. The van der Waals surface area contributed by atoms with Gasteiger partial charge in [0.25, 0.3) is 0 Å². The van der Waals surface area contributed by atoms with Gasteiger partial charge >= 0.3 is 0 Å². The van der Waals surface area contributed by atoms with Gasteiger partial charge in [0.1, 0.15) is 5.75 Å². The number of rotatable bonds is 4. The summed E-state index contributed by atoms with van der Waals surface area (Å²) < 4.78 is 6.49. The van der Waals surface area contributed by atoms with E-state index < -0.39 is 0 Å². The van der Waals surface area contributed by atoms with Crippen LogP contribution in [0.25, 0.3) is 0 Å². The number of halogens is 1. The fourth-order valence-electron chi connectivity index (χ4n) is 3.00. The Morgan fingerprint density at radius 3 is 2.82 bits per heavy atom. The Labute approximate surface area is 147 Å². The predicted octanol–water partition coefficient (Wildman–Crippen LogP) is 4.34. The fraction of sp³-hybridized carbons (Fsp3) is 0.588. The molecule has 0 aromatic heterocycles. The van der Waals surface area contributed by atoms with Crippen LogP contribution in [0.4, 0.5) is 0 Å². The van der Waals surface area contributed by atoms with Crippen LogP contribution in [0.2, 0.25) is 0 Å². The van der Waals surface area contributed by atoms with Crippen molar-refractivity contribution in [1.29, 1.82) is 0 Å². The van der Waals surface area contributed by atoms with E-state index in [1.807, 2.05) is 19.2 Å². The molecule has 1 fully saturated rings. The SMILES string of the molecule is COc1ccc(Br)cc1CN(C)C(=S)N[C@@H]1CCCC[C@H]1C. The predicted molar refractivity (Wildman–Crippen MR) is 99.3 cm³/mol. The minimum Gasteiger partial charge on any atom is -0.496 e. The van der Waals surface area contributed by atoms with E-state index in [1.165, 1.54) is 25.7 Å². The average molecular weight is 385 g/mol. The molecular formula is C17H25BrN2OS. The first-order valence-electron chi connectivity index (χ1n) is 7.85. The van der Waals surface area contributed by atoms with Crippen molar-refractivity contribution in [2.45, 2.75) is 45.2 Å². The minimum atomic E-state index is 0.508. The monoisotopic (exact) mass is 384 g/mol. The summed E-state index contributed by atoms with van der Waals surface area (Å²) in [5.41, 5.74) is 1.13. The Morgan fingerprint density at radius 2 is 2.14 bits per heavy atom. The molecule has 3 nitrogen and oxygen atoms in total. The number of hydrogen-bond acceptors (Lipinski definition) is 2. The first kappa shape index (κ1) is 17.5. The molecule has 122 valence electrons. The van der Waals surface area contributed by atoms with Crippen molar-refractivity contribution in [3.63, 3.8) is 0 Å². The highest BCUT2D eigenvalue weighted by Gasteiger charge is 2.22. The lowest BCUT2D eigenvalue weighted by molar-refractivity contribution is 0.300. The van der Waals surface area contributed by atoms with Crippen LogP contribution in [0.5, 0.6) is 5.75 Å². The summed E-state index contributed by atoms with van der Waals surface area (Å²) in [7, 11) is 3.73. The van der Waals surface area contributed by atoms with Crippen molar-refractivity contribution < 1.29 is 4.74 Å². The molecular weight excluding hydrogens is 360 g/mol. The second-order valence-corrected chi connectivity index (χ2v) is 7.43. The molecule has 1 N–H and O–H groups in total. The molecule has 0 heterocycles. The molecule has 22 heavy (non-hydrogen) atoms. The van der Waals surface area contributed by atoms with Gasteiger partial charge in [0.15, 0.2) is 5.11 Å². The van der Waals surface area contributed by atoms with Gasteiger partial charge in [-0.1, -0.05) is 35.7 Å². The lowest BCUT2D eigenvalue weighted by Gasteiger charge is -2.33. The molecule has 2 rings (SSSR count). The molecule has 0 saturated heterocycles. The first-order valence-corrected chi connectivity index (χ1v) is 9.05. The highest BCUT2D eigenvalue weighted by Crippen LogP contribution is 2.25. The topological polar surface area (TPSA) is 24.5 Å². The maximum Gasteiger partial charge on any atom is 0.169 e. The third-order valence-corrected chi connectivity index (χ3v) is 5.34. The van der Waals surface area contributed by atoms with Gasteiger partial charge < -0.3 is 15.0 Å². The molecule has 2 atom stereocenters. The standard InChI is InChI=1S/C17H25BrN2OS/c1-12-6-4-5-7-15(12)19-17(22)20(2)11-13-10-14(18)8-9-16(13)21-3/h8-10,12,15H,4-7,11H2,1-3H3,(H,19,22)/t12-,15-/m1/s1. The summed E-state index contributed by atoms with van der Waals surface area (Å²) in [6.45, 7) is 3.05. The number of ether oxygens (including phenoxy) is 1. The van der Waals surface area contributed by atoms with Crippen molar-refractivity contribution in [2.75, 3.05) is 14.2 Å². The van der Waals surface area contributed by atoms with E-state index in [4.69, 9.17) is 17.0 Å². The Bertz CT molecular complexity index is 523. The zero-order valence-corrected chi connectivity index (χ0v) is 16.0. The van der Waals surface area contributed by atoms with Gasteiger partial charge in [-0.05, 0) is 49.2 Å². The molecule has 1 aromatic rings. The molecule has 0 unspecified atom stereocenters. The van der Waals surface area contributed by atoms with E-state index in [0.717, 1.165) is 27.4 Å². The van der Waals surface area contributed by atoms with Gasteiger partial charge in [0.05, 0.1) is 7.11 Å². The third kappa shape index (κ3) is 4.59. The number of benzene rings is 1. The Morgan fingerprint density at radius 1 is 1.41 bits per heavy atom. The van der Waals surface area contributed by atoms with E-state index in [0.29, 0.717) is 12.0 Å². The van der Waals surface area contributed by atoms with Crippen LogP contribution in [0.15, 0.2) is 22.7 Å². The Kier molecular flexibility index (Phi) is 6.50. The minimum absolute atomic E-state index is 0.508. The fourth-order valence-corrected chi connectivity index (χ4v) is 3.62. The van der Waals surface area contributed by atoms with Crippen LogP contribution in [-0.4, -0.2) is 30.2 Å². The quantitative estimate of drug-likeness (QED) is 0.780. The van der Waals surface area contributed by atoms with E-state index in [1.54, 1.807) is 7.11 Å². The summed E-state index contributed by atoms with van der Waals surface area (Å²) >= 11 is 9.10. The zero-order valence-electron chi connectivity index (χ0n) is 13.6. The van der Waals surface area contributed by atoms with Crippen LogP contribution in [0.3, 0.4) is 0 Å². The van der Waals surface area contributed by atoms with Gasteiger partial charge in [-0.25, -0.2) is 0 Å². The van der Waals surface area contributed by atoms with E-state index in [-0.39, 0.29) is 0 Å². The number of methoxy groups -OCH3 is 1. The molecule has 0 aliphatic heterocycles. The lowest BCUT2D eigenvalue weighted by Crippen LogP contribution is -2.46. The maximum absolute atomic E-state index is 5.58. The van der Waals surface area contributed by atoms with E-state index >= 15 is 0 Å². The maximum atomic E-state index is 5.58.